The number of ketones is 1. The maximum atomic E-state index is 12.3. The monoisotopic (exact) mass is 272 g/mol. The first-order valence-electron chi connectivity index (χ1n) is 6.08. The summed E-state index contributed by atoms with van der Waals surface area (Å²) < 4.78 is 0. The second kappa shape index (κ2) is 7.03. The molecule has 1 aromatic rings. The number of halogens is 2. The Kier molecular flexibility index (Phi) is 6.01. The molecule has 1 atom stereocenters. The Hall–Kier alpha value is -0.530. The molecular formula is C14H18Cl2O. The predicted octanol–water partition coefficient (Wildman–Crippen LogP) is 5.39. The van der Waals surface area contributed by atoms with Crippen LogP contribution in [0.4, 0.5) is 0 Å². The maximum Gasteiger partial charge on any atom is 0.166 e. The number of benzene rings is 1. The summed E-state index contributed by atoms with van der Waals surface area (Å²) in [6.45, 7) is 4.18. The van der Waals surface area contributed by atoms with Crippen LogP contribution in [0, 0.1) is 5.92 Å². The number of unbranched alkanes of at least 4 members (excludes halogenated alkanes) is 1. The van der Waals surface area contributed by atoms with Crippen molar-refractivity contribution < 1.29 is 4.79 Å². The summed E-state index contributed by atoms with van der Waals surface area (Å²) in [5, 5.41) is 1.04. The first kappa shape index (κ1) is 14.5. The van der Waals surface area contributed by atoms with Crippen molar-refractivity contribution in [2.45, 2.75) is 39.5 Å². The topological polar surface area (TPSA) is 17.1 Å². The lowest BCUT2D eigenvalue weighted by molar-refractivity contribution is 0.0908. The summed E-state index contributed by atoms with van der Waals surface area (Å²) in [5.74, 6) is 0.245. The first-order valence-corrected chi connectivity index (χ1v) is 6.84. The smallest absolute Gasteiger partial charge is 0.166 e. The van der Waals surface area contributed by atoms with Gasteiger partial charge in [0.2, 0.25) is 0 Å². The van der Waals surface area contributed by atoms with E-state index in [-0.39, 0.29) is 11.7 Å². The van der Waals surface area contributed by atoms with E-state index in [9.17, 15) is 4.79 Å². The zero-order valence-corrected chi connectivity index (χ0v) is 11.8. The van der Waals surface area contributed by atoms with Crippen LogP contribution >= 0.6 is 23.2 Å². The highest BCUT2D eigenvalue weighted by Gasteiger charge is 2.18. The zero-order chi connectivity index (χ0) is 12.8. The summed E-state index contributed by atoms with van der Waals surface area (Å²) >= 11 is 11.8. The standard InChI is InChI=1S/C14H18Cl2O/c1-3-5-6-10(4-2)14(17)11-7-12(15)9-13(16)8-11/h7-10H,3-6H2,1-2H3. The van der Waals surface area contributed by atoms with Crippen LogP contribution in [0.1, 0.15) is 49.9 Å². The third kappa shape index (κ3) is 4.33. The average molecular weight is 273 g/mol. The lowest BCUT2D eigenvalue weighted by atomic mass is 9.91. The number of rotatable bonds is 6. The van der Waals surface area contributed by atoms with Crippen molar-refractivity contribution >= 4 is 29.0 Å². The van der Waals surface area contributed by atoms with E-state index < -0.39 is 0 Å². The van der Waals surface area contributed by atoms with Gasteiger partial charge in [-0.2, -0.15) is 0 Å². The molecule has 94 valence electrons. The van der Waals surface area contributed by atoms with Gasteiger partial charge in [-0.25, -0.2) is 0 Å². The van der Waals surface area contributed by atoms with Gasteiger partial charge >= 0.3 is 0 Å². The van der Waals surface area contributed by atoms with E-state index in [0.717, 1.165) is 25.7 Å². The Morgan fingerprint density at radius 3 is 2.24 bits per heavy atom. The Labute approximate surface area is 113 Å². The molecule has 0 bridgehead atoms. The van der Waals surface area contributed by atoms with Gasteiger partial charge in [-0.05, 0) is 31.0 Å². The van der Waals surface area contributed by atoms with Gasteiger partial charge in [-0.3, -0.25) is 4.79 Å². The summed E-state index contributed by atoms with van der Waals surface area (Å²) in [6.07, 6.45) is 4.00. The Bertz CT molecular complexity index is 368. The molecule has 17 heavy (non-hydrogen) atoms. The van der Waals surface area contributed by atoms with Crippen molar-refractivity contribution in [3.63, 3.8) is 0 Å². The second-order valence-electron chi connectivity index (χ2n) is 4.27. The van der Waals surface area contributed by atoms with Crippen LogP contribution in [-0.2, 0) is 0 Å². The molecule has 0 radical (unpaired) electrons. The normalized spacial score (nSPS) is 12.5. The van der Waals surface area contributed by atoms with Crippen LogP contribution in [0.25, 0.3) is 0 Å². The van der Waals surface area contributed by atoms with Gasteiger partial charge < -0.3 is 0 Å². The van der Waals surface area contributed by atoms with Gasteiger partial charge in [0.15, 0.2) is 5.78 Å². The highest BCUT2D eigenvalue weighted by atomic mass is 35.5. The van der Waals surface area contributed by atoms with E-state index in [0.29, 0.717) is 15.6 Å². The number of hydrogen-bond donors (Lipinski definition) is 0. The van der Waals surface area contributed by atoms with Crippen molar-refractivity contribution in [2.24, 2.45) is 5.92 Å². The van der Waals surface area contributed by atoms with Crippen molar-refractivity contribution in [3.05, 3.63) is 33.8 Å². The zero-order valence-electron chi connectivity index (χ0n) is 10.3. The summed E-state index contributed by atoms with van der Waals surface area (Å²) in [5.41, 5.74) is 0.630. The van der Waals surface area contributed by atoms with Crippen molar-refractivity contribution in [1.29, 1.82) is 0 Å². The third-order valence-electron chi connectivity index (χ3n) is 2.92. The summed E-state index contributed by atoms with van der Waals surface area (Å²) in [4.78, 5) is 12.3. The third-order valence-corrected chi connectivity index (χ3v) is 3.35. The van der Waals surface area contributed by atoms with E-state index >= 15 is 0 Å². The molecule has 0 aromatic heterocycles. The molecule has 0 N–H and O–H groups in total. The molecular weight excluding hydrogens is 255 g/mol. The predicted molar refractivity (Wildman–Crippen MR) is 74.1 cm³/mol. The lowest BCUT2D eigenvalue weighted by Gasteiger charge is -2.13. The molecule has 1 unspecified atom stereocenters. The molecule has 0 aliphatic carbocycles. The molecule has 0 aliphatic heterocycles. The van der Waals surface area contributed by atoms with Gasteiger partial charge in [0.05, 0.1) is 0 Å². The average Bonchev–Trinajstić information content (AvgIpc) is 2.28. The molecule has 0 saturated carbocycles. The van der Waals surface area contributed by atoms with Crippen molar-refractivity contribution in [1.82, 2.24) is 0 Å². The van der Waals surface area contributed by atoms with E-state index in [4.69, 9.17) is 23.2 Å². The molecule has 0 saturated heterocycles. The van der Waals surface area contributed by atoms with Crippen LogP contribution < -0.4 is 0 Å². The van der Waals surface area contributed by atoms with Crippen LogP contribution in [0.5, 0.6) is 0 Å². The number of hydrogen-bond acceptors (Lipinski definition) is 1. The van der Waals surface area contributed by atoms with Crippen LogP contribution in [-0.4, -0.2) is 5.78 Å². The molecule has 0 aliphatic rings. The van der Waals surface area contributed by atoms with Gasteiger partial charge in [-0.15, -0.1) is 0 Å². The van der Waals surface area contributed by atoms with Crippen LogP contribution in [0.3, 0.4) is 0 Å². The van der Waals surface area contributed by atoms with Crippen LogP contribution in [0.15, 0.2) is 18.2 Å². The second-order valence-corrected chi connectivity index (χ2v) is 5.14. The molecule has 0 heterocycles. The Balaban J connectivity index is 2.85. The molecule has 1 rings (SSSR count). The Morgan fingerprint density at radius 2 is 1.76 bits per heavy atom. The van der Waals surface area contributed by atoms with Gasteiger partial charge in [-0.1, -0.05) is 49.9 Å². The van der Waals surface area contributed by atoms with E-state index in [1.807, 2.05) is 6.92 Å². The minimum absolute atomic E-state index is 0.0875. The molecule has 1 aromatic carbocycles. The van der Waals surface area contributed by atoms with Gasteiger partial charge in [0.1, 0.15) is 0 Å². The quantitative estimate of drug-likeness (QED) is 0.635. The van der Waals surface area contributed by atoms with Gasteiger partial charge in [0.25, 0.3) is 0 Å². The highest BCUT2D eigenvalue weighted by Crippen LogP contribution is 2.24. The minimum Gasteiger partial charge on any atom is -0.294 e. The molecule has 0 amide bonds. The Morgan fingerprint density at radius 1 is 1.18 bits per heavy atom. The fourth-order valence-corrected chi connectivity index (χ4v) is 2.43. The summed E-state index contributed by atoms with van der Waals surface area (Å²) in [6, 6.07) is 5.04. The SMILES string of the molecule is CCCCC(CC)C(=O)c1cc(Cl)cc(Cl)c1. The molecule has 3 heteroatoms. The van der Waals surface area contributed by atoms with E-state index in [1.54, 1.807) is 18.2 Å². The van der Waals surface area contributed by atoms with Crippen molar-refractivity contribution in [3.8, 4) is 0 Å². The lowest BCUT2D eigenvalue weighted by Crippen LogP contribution is -2.14. The summed E-state index contributed by atoms with van der Waals surface area (Å²) in [7, 11) is 0. The van der Waals surface area contributed by atoms with Crippen molar-refractivity contribution in [2.75, 3.05) is 0 Å². The number of carbonyl (C=O) groups is 1. The fraction of sp³-hybridized carbons (Fsp3) is 0.500. The molecule has 0 spiro atoms. The first-order chi connectivity index (χ1) is 8.08. The molecule has 1 nitrogen and oxygen atoms in total. The molecule has 0 fully saturated rings. The van der Waals surface area contributed by atoms with E-state index in [2.05, 4.69) is 6.92 Å². The van der Waals surface area contributed by atoms with Crippen LogP contribution in [0.2, 0.25) is 10.0 Å². The number of Topliss-reactive ketones (excluding diaryl/α,β-unsaturated/α-hetero) is 1. The van der Waals surface area contributed by atoms with E-state index in [1.165, 1.54) is 0 Å². The minimum atomic E-state index is 0.0875. The largest absolute Gasteiger partial charge is 0.294 e. The highest BCUT2D eigenvalue weighted by molar-refractivity contribution is 6.35. The van der Waals surface area contributed by atoms with Gasteiger partial charge in [0, 0.05) is 21.5 Å². The fourth-order valence-electron chi connectivity index (χ4n) is 1.90. The maximum absolute atomic E-state index is 12.3. The number of carbonyl (C=O) groups excluding carboxylic acids is 1.